The molecule has 1 aromatic heterocycles. The van der Waals surface area contributed by atoms with Crippen molar-refractivity contribution in [3.8, 4) is 11.6 Å². The molecular formula is C16H17N3O3. The Labute approximate surface area is 126 Å². The number of hydrogen-bond donors (Lipinski definition) is 2. The van der Waals surface area contributed by atoms with E-state index >= 15 is 0 Å². The van der Waals surface area contributed by atoms with Crippen molar-refractivity contribution in [2.75, 3.05) is 7.11 Å². The van der Waals surface area contributed by atoms with E-state index in [0.29, 0.717) is 17.1 Å². The van der Waals surface area contributed by atoms with E-state index < -0.39 is 0 Å². The zero-order valence-electron chi connectivity index (χ0n) is 12.6. The molecule has 0 aliphatic carbocycles. The second-order valence-electron chi connectivity index (χ2n) is 5.24. The molecule has 6 heteroatoms. The highest BCUT2D eigenvalue weighted by Crippen LogP contribution is 2.17. The van der Waals surface area contributed by atoms with Crippen LogP contribution in [-0.2, 0) is 0 Å². The number of H-pyrrole nitrogens is 2. The Morgan fingerprint density at radius 2 is 2.09 bits per heavy atom. The van der Waals surface area contributed by atoms with Crippen molar-refractivity contribution in [2.24, 2.45) is 4.99 Å². The van der Waals surface area contributed by atoms with Crippen LogP contribution in [-0.4, -0.2) is 23.4 Å². The lowest BCUT2D eigenvalue weighted by Crippen LogP contribution is -2.20. The van der Waals surface area contributed by atoms with Crippen LogP contribution in [0.5, 0.6) is 11.6 Å². The summed E-state index contributed by atoms with van der Waals surface area (Å²) in [5, 5.41) is 7.08. The van der Waals surface area contributed by atoms with Crippen molar-refractivity contribution in [1.82, 2.24) is 10.2 Å². The minimum atomic E-state index is -0.236. The summed E-state index contributed by atoms with van der Waals surface area (Å²) in [5.74, 6) is 1.19. The van der Waals surface area contributed by atoms with Gasteiger partial charge < -0.3 is 9.47 Å². The summed E-state index contributed by atoms with van der Waals surface area (Å²) in [5.41, 5.74) is 0.894. The second kappa shape index (κ2) is 5.55. The van der Waals surface area contributed by atoms with Crippen LogP contribution in [0.3, 0.4) is 0 Å². The molecule has 22 heavy (non-hydrogen) atoms. The van der Waals surface area contributed by atoms with Crippen molar-refractivity contribution in [2.45, 2.75) is 20.0 Å². The van der Waals surface area contributed by atoms with Gasteiger partial charge in [0.2, 0.25) is 5.88 Å². The lowest BCUT2D eigenvalue weighted by Gasteiger charge is -2.07. The number of benzene rings is 1. The fraction of sp³-hybridized carbons (Fsp3) is 0.250. The van der Waals surface area contributed by atoms with E-state index in [1.54, 1.807) is 13.2 Å². The van der Waals surface area contributed by atoms with Crippen molar-refractivity contribution in [3.63, 3.8) is 0 Å². The number of aromatic nitrogens is 2. The number of ether oxygens (including phenoxy) is 2. The van der Waals surface area contributed by atoms with E-state index in [4.69, 9.17) is 9.47 Å². The summed E-state index contributed by atoms with van der Waals surface area (Å²) in [4.78, 5) is 16.4. The Kier molecular flexibility index (Phi) is 3.58. The Morgan fingerprint density at radius 1 is 1.27 bits per heavy atom. The average molecular weight is 299 g/mol. The fourth-order valence-corrected chi connectivity index (χ4v) is 2.24. The minimum absolute atomic E-state index is 0.0328. The number of hydrogen-bond acceptors (Lipinski definition) is 4. The molecule has 0 bridgehead atoms. The van der Waals surface area contributed by atoms with Gasteiger partial charge in [0.05, 0.1) is 24.3 Å². The zero-order chi connectivity index (χ0) is 15.7. The van der Waals surface area contributed by atoms with Crippen LogP contribution < -0.4 is 25.6 Å². The second-order valence-corrected chi connectivity index (χ2v) is 5.24. The molecule has 2 aromatic rings. The number of methoxy groups -OCH3 is 1. The number of allylic oxidation sites excluding steroid dienone is 1. The first-order valence-electron chi connectivity index (χ1n) is 7.00. The quantitative estimate of drug-likeness (QED) is 0.882. The van der Waals surface area contributed by atoms with Gasteiger partial charge in [-0.2, -0.15) is 0 Å². The van der Waals surface area contributed by atoms with E-state index in [1.165, 1.54) is 0 Å². The topological polar surface area (TPSA) is 79.5 Å². The molecule has 0 radical (unpaired) electrons. The highest BCUT2D eigenvalue weighted by Gasteiger charge is 2.12. The number of fused-ring (bicyclic) bond motifs is 1. The molecular weight excluding hydrogens is 282 g/mol. The summed E-state index contributed by atoms with van der Waals surface area (Å²) in [7, 11) is 1.62. The van der Waals surface area contributed by atoms with Gasteiger partial charge in [0.15, 0.2) is 0 Å². The highest BCUT2D eigenvalue weighted by molar-refractivity contribution is 5.67. The van der Waals surface area contributed by atoms with Crippen LogP contribution in [0.4, 0.5) is 0 Å². The van der Waals surface area contributed by atoms with Crippen LogP contribution in [0.2, 0.25) is 0 Å². The van der Waals surface area contributed by atoms with Gasteiger partial charge in [-0.1, -0.05) is 0 Å². The maximum absolute atomic E-state index is 11.9. The molecule has 0 spiro atoms. The lowest BCUT2D eigenvalue weighted by atomic mass is 10.2. The summed E-state index contributed by atoms with van der Waals surface area (Å²) in [6.07, 6.45) is 3.58. The van der Waals surface area contributed by atoms with Gasteiger partial charge in [0.1, 0.15) is 11.3 Å². The van der Waals surface area contributed by atoms with Crippen LogP contribution in [0.25, 0.3) is 12.2 Å². The zero-order valence-corrected chi connectivity index (χ0v) is 12.6. The number of aromatic amines is 2. The molecule has 1 aliphatic heterocycles. The van der Waals surface area contributed by atoms with E-state index in [9.17, 15) is 4.79 Å². The Bertz CT molecular complexity index is 903. The number of nitrogens with zero attached hydrogens (tertiary/aromatic N) is 1. The van der Waals surface area contributed by atoms with Gasteiger partial charge in [-0.25, -0.2) is 4.99 Å². The molecule has 114 valence electrons. The monoisotopic (exact) mass is 299 g/mol. The standard InChI is InChI=1S/C16H17N3O3/c1-9(2)22-16-13(15(20)18-19-16)8-11-6-10-7-12(21-3)4-5-14(10)17-11/h4-9H,1-3H3,(H2,18,19,20). The SMILES string of the molecule is COc1ccc2c(c1)=CC(=Cc1c(OC(C)C)[nH][nH]c1=O)N=2. The van der Waals surface area contributed by atoms with Gasteiger partial charge in [0, 0.05) is 5.22 Å². The third-order valence-corrected chi connectivity index (χ3v) is 3.21. The summed E-state index contributed by atoms with van der Waals surface area (Å²) in [6, 6.07) is 5.65. The molecule has 6 nitrogen and oxygen atoms in total. The normalized spacial score (nSPS) is 14.6. The van der Waals surface area contributed by atoms with Gasteiger partial charge in [-0.3, -0.25) is 15.0 Å². The van der Waals surface area contributed by atoms with Crippen LogP contribution in [0.15, 0.2) is 33.7 Å². The summed E-state index contributed by atoms with van der Waals surface area (Å²) < 4.78 is 10.8. The summed E-state index contributed by atoms with van der Waals surface area (Å²) in [6.45, 7) is 3.80. The van der Waals surface area contributed by atoms with Crippen molar-refractivity contribution in [3.05, 3.63) is 50.4 Å². The first-order valence-corrected chi connectivity index (χ1v) is 7.00. The molecule has 2 N–H and O–H groups in total. The Hall–Kier alpha value is -2.76. The lowest BCUT2D eigenvalue weighted by molar-refractivity contribution is 0.232. The maximum atomic E-state index is 11.9. The summed E-state index contributed by atoms with van der Waals surface area (Å²) >= 11 is 0. The first-order chi connectivity index (χ1) is 10.6. The third-order valence-electron chi connectivity index (χ3n) is 3.21. The van der Waals surface area contributed by atoms with E-state index in [0.717, 1.165) is 16.3 Å². The predicted octanol–water partition coefficient (Wildman–Crippen LogP) is 0.954. The molecule has 1 aliphatic rings. The third kappa shape index (κ3) is 2.67. The van der Waals surface area contributed by atoms with Gasteiger partial charge >= 0.3 is 0 Å². The molecule has 0 atom stereocenters. The molecule has 0 amide bonds. The van der Waals surface area contributed by atoms with Crippen molar-refractivity contribution in [1.29, 1.82) is 0 Å². The Morgan fingerprint density at radius 3 is 2.82 bits per heavy atom. The van der Waals surface area contributed by atoms with Gasteiger partial charge in [0.25, 0.3) is 5.56 Å². The molecule has 0 saturated carbocycles. The van der Waals surface area contributed by atoms with Crippen LogP contribution >= 0.6 is 0 Å². The van der Waals surface area contributed by atoms with Crippen LogP contribution in [0, 0.1) is 0 Å². The van der Waals surface area contributed by atoms with Gasteiger partial charge in [-0.05, 0) is 44.2 Å². The fourth-order valence-electron chi connectivity index (χ4n) is 2.24. The molecule has 2 heterocycles. The number of rotatable bonds is 4. The molecule has 0 saturated heterocycles. The van der Waals surface area contributed by atoms with E-state index in [2.05, 4.69) is 15.2 Å². The molecule has 0 unspecified atom stereocenters. The van der Waals surface area contributed by atoms with Crippen LogP contribution in [0.1, 0.15) is 19.4 Å². The van der Waals surface area contributed by atoms with Crippen molar-refractivity contribution >= 4 is 12.2 Å². The van der Waals surface area contributed by atoms with Crippen molar-refractivity contribution < 1.29 is 9.47 Å². The predicted molar refractivity (Wildman–Crippen MR) is 83.4 cm³/mol. The highest BCUT2D eigenvalue weighted by atomic mass is 16.5. The molecule has 1 aromatic carbocycles. The smallest absolute Gasteiger partial charge is 0.275 e. The average Bonchev–Trinajstić information content (AvgIpc) is 3.03. The van der Waals surface area contributed by atoms with Gasteiger partial charge in [-0.15, -0.1) is 0 Å². The van der Waals surface area contributed by atoms with E-state index in [-0.39, 0.29) is 11.7 Å². The Balaban J connectivity index is 2.03. The van der Waals surface area contributed by atoms with E-state index in [1.807, 2.05) is 38.1 Å². The molecule has 3 rings (SSSR count). The maximum Gasteiger partial charge on any atom is 0.275 e. The number of nitrogens with one attached hydrogen (secondary N) is 2. The minimum Gasteiger partial charge on any atom is -0.497 e. The first kappa shape index (κ1) is 14.2. The molecule has 0 fully saturated rings. The largest absolute Gasteiger partial charge is 0.497 e.